The molecule has 0 aliphatic heterocycles. The number of carboxylic acids is 1. The molecule has 1 aromatic rings. The van der Waals surface area contributed by atoms with E-state index in [9.17, 15) is 9.18 Å². The number of rotatable bonds is 1. The Morgan fingerprint density at radius 3 is 2.86 bits per heavy atom. The molecule has 1 aromatic carbocycles. The largest absolute Gasteiger partial charge is 0.478 e. The van der Waals surface area contributed by atoms with Gasteiger partial charge < -0.3 is 5.11 Å². The van der Waals surface area contributed by atoms with Gasteiger partial charge in [0.2, 0.25) is 0 Å². The molecule has 0 aliphatic rings. The Balaban J connectivity index is 3.20. The van der Waals surface area contributed by atoms with Gasteiger partial charge >= 0.3 is 5.97 Å². The summed E-state index contributed by atoms with van der Waals surface area (Å²) in [6.45, 7) is 0. The van der Waals surface area contributed by atoms with Gasteiger partial charge in [0.25, 0.3) is 0 Å². The Labute approximate surface area is 86.2 Å². The second-order valence-corrected chi connectivity index (χ2v) is 2.75. The highest BCUT2D eigenvalue weighted by Crippen LogP contribution is 2.11. The van der Waals surface area contributed by atoms with Crippen molar-refractivity contribution in [1.82, 2.24) is 0 Å². The SMILES string of the molecule is O=C(O)c1cccc(C#CCS)c1F. The topological polar surface area (TPSA) is 37.3 Å². The Morgan fingerprint density at radius 2 is 2.29 bits per heavy atom. The maximum atomic E-state index is 13.3. The van der Waals surface area contributed by atoms with Crippen molar-refractivity contribution in [3.63, 3.8) is 0 Å². The third-order valence-electron chi connectivity index (χ3n) is 1.53. The van der Waals surface area contributed by atoms with E-state index in [0.717, 1.165) is 0 Å². The van der Waals surface area contributed by atoms with Crippen molar-refractivity contribution < 1.29 is 14.3 Å². The molecule has 1 rings (SSSR count). The van der Waals surface area contributed by atoms with E-state index in [-0.39, 0.29) is 11.1 Å². The third-order valence-corrected chi connectivity index (χ3v) is 1.69. The minimum atomic E-state index is -1.29. The molecule has 0 fully saturated rings. The number of hydrogen-bond donors (Lipinski definition) is 2. The first-order valence-corrected chi connectivity index (χ1v) is 4.41. The third kappa shape index (κ3) is 2.27. The molecule has 0 unspecified atom stereocenters. The van der Waals surface area contributed by atoms with Crippen molar-refractivity contribution in [3.8, 4) is 11.8 Å². The van der Waals surface area contributed by atoms with Crippen molar-refractivity contribution in [2.45, 2.75) is 0 Å². The van der Waals surface area contributed by atoms with Gasteiger partial charge in [-0.05, 0) is 12.1 Å². The summed E-state index contributed by atoms with van der Waals surface area (Å²) in [7, 11) is 0. The molecular formula is C10H7FO2S. The number of halogens is 1. The zero-order valence-corrected chi connectivity index (χ0v) is 8.01. The second kappa shape index (κ2) is 4.68. The summed E-state index contributed by atoms with van der Waals surface area (Å²) in [5, 5.41) is 8.61. The lowest BCUT2D eigenvalue weighted by Crippen LogP contribution is -2.01. The van der Waals surface area contributed by atoms with Gasteiger partial charge in [0, 0.05) is 0 Å². The van der Waals surface area contributed by atoms with Gasteiger partial charge in [0.05, 0.1) is 16.9 Å². The molecule has 0 atom stereocenters. The highest BCUT2D eigenvalue weighted by Gasteiger charge is 2.11. The first kappa shape index (κ1) is 10.6. The van der Waals surface area contributed by atoms with Crippen LogP contribution in [0.3, 0.4) is 0 Å². The monoisotopic (exact) mass is 210 g/mol. The Hall–Kier alpha value is -1.47. The molecule has 0 saturated carbocycles. The normalized spacial score (nSPS) is 9.00. The van der Waals surface area contributed by atoms with Gasteiger partial charge in [0.15, 0.2) is 5.82 Å². The molecule has 4 heteroatoms. The van der Waals surface area contributed by atoms with Crippen molar-refractivity contribution in [2.75, 3.05) is 5.75 Å². The molecule has 14 heavy (non-hydrogen) atoms. The van der Waals surface area contributed by atoms with Crippen molar-refractivity contribution in [3.05, 3.63) is 35.1 Å². The van der Waals surface area contributed by atoms with Gasteiger partial charge in [-0.1, -0.05) is 17.9 Å². The molecule has 0 radical (unpaired) electrons. The zero-order valence-electron chi connectivity index (χ0n) is 7.12. The van der Waals surface area contributed by atoms with Crippen molar-refractivity contribution in [1.29, 1.82) is 0 Å². The van der Waals surface area contributed by atoms with E-state index in [4.69, 9.17) is 5.11 Å². The molecule has 72 valence electrons. The first-order chi connectivity index (χ1) is 6.66. The molecular weight excluding hydrogens is 203 g/mol. The number of aromatic carboxylic acids is 1. The summed E-state index contributed by atoms with van der Waals surface area (Å²) in [6, 6.07) is 4.08. The van der Waals surface area contributed by atoms with Crippen molar-refractivity contribution >= 4 is 18.6 Å². The number of hydrogen-bond acceptors (Lipinski definition) is 2. The summed E-state index contributed by atoms with van der Waals surface area (Å²) in [6.07, 6.45) is 0. The van der Waals surface area contributed by atoms with Crippen LogP contribution < -0.4 is 0 Å². The fourth-order valence-electron chi connectivity index (χ4n) is 0.928. The predicted octanol–water partition coefficient (Wildman–Crippen LogP) is 1.81. The quantitative estimate of drug-likeness (QED) is 0.548. The Bertz CT molecular complexity index is 418. The predicted molar refractivity (Wildman–Crippen MR) is 54.1 cm³/mol. The van der Waals surface area contributed by atoms with Gasteiger partial charge in [-0.25, -0.2) is 9.18 Å². The van der Waals surface area contributed by atoms with Crippen LogP contribution in [0.1, 0.15) is 15.9 Å². The molecule has 0 aliphatic carbocycles. The summed E-state index contributed by atoms with van der Waals surface area (Å²) >= 11 is 3.84. The van der Waals surface area contributed by atoms with Gasteiger partial charge in [-0.2, -0.15) is 12.6 Å². The molecule has 1 N–H and O–H groups in total. The molecule has 0 aromatic heterocycles. The minimum absolute atomic E-state index is 0.0824. The lowest BCUT2D eigenvalue weighted by Gasteiger charge is -1.98. The number of carbonyl (C=O) groups is 1. The smallest absolute Gasteiger partial charge is 0.338 e. The van der Waals surface area contributed by atoms with E-state index in [1.807, 2.05) is 0 Å². The van der Waals surface area contributed by atoms with Crippen molar-refractivity contribution in [2.24, 2.45) is 0 Å². The summed E-state index contributed by atoms with van der Waals surface area (Å²) in [5.74, 6) is 3.26. The van der Waals surface area contributed by atoms with Crippen LogP contribution in [0, 0.1) is 17.7 Å². The fourth-order valence-corrected chi connectivity index (χ4v) is 1.01. The van der Waals surface area contributed by atoms with Gasteiger partial charge in [0.1, 0.15) is 0 Å². The number of thiol groups is 1. The highest BCUT2D eigenvalue weighted by molar-refractivity contribution is 7.80. The minimum Gasteiger partial charge on any atom is -0.478 e. The Kier molecular flexibility index (Phi) is 3.55. The molecule has 0 saturated heterocycles. The van der Waals surface area contributed by atoms with Crippen LogP contribution in [0.4, 0.5) is 4.39 Å². The lowest BCUT2D eigenvalue weighted by atomic mass is 10.1. The van der Waals surface area contributed by atoms with Crippen LogP contribution >= 0.6 is 12.6 Å². The second-order valence-electron chi connectivity index (χ2n) is 2.43. The van der Waals surface area contributed by atoms with Crippen LogP contribution in [-0.4, -0.2) is 16.8 Å². The average molecular weight is 210 g/mol. The molecule has 0 amide bonds. The number of benzene rings is 1. The maximum absolute atomic E-state index is 13.3. The maximum Gasteiger partial charge on any atom is 0.338 e. The summed E-state index contributed by atoms with van der Waals surface area (Å²) < 4.78 is 13.3. The van der Waals surface area contributed by atoms with E-state index in [1.165, 1.54) is 18.2 Å². The zero-order chi connectivity index (χ0) is 10.6. The molecule has 0 heterocycles. The van der Waals surface area contributed by atoms with Gasteiger partial charge in [-0.3, -0.25) is 0 Å². The molecule has 0 bridgehead atoms. The molecule has 2 nitrogen and oxygen atoms in total. The average Bonchev–Trinajstić information content (AvgIpc) is 2.16. The Morgan fingerprint density at radius 1 is 1.57 bits per heavy atom. The van der Waals surface area contributed by atoms with Gasteiger partial charge in [-0.15, -0.1) is 0 Å². The van der Waals surface area contributed by atoms with Crippen LogP contribution in [0.5, 0.6) is 0 Å². The highest BCUT2D eigenvalue weighted by atomic mass is 32.1. The fraction of sp³-hybridized carbons (Fsp3) is 0.100. The van der Waals surface area contributed by atoms with Crippen LogP contribution in [-0.2, 0) is 0 Å². The summed E-state index contributed by atoms with van der Waals surface area (Å²) in [5.41, 5.74) is -0.282. The van der Waals surface area contributed by atoms with E-state index in [1.54, 1.807) is 0 Å². The van der Waals surface area contributed by atoms with E-state index in [2.05, 4.69) is 24.5 Å². The van der Waals surface area contributed by atoms with E-state index in [0.29, 0.717) is 5.75 Å². The first-order valence-electron chi connectivity index (χ1n) is 3.78. The van der Waals surface area contributed by atoms with Crippen LogP contribution in [0.15, 0.2) is 18.2 Å². The lowest BCUT2D eigenvalue weighted by molar-refractivity contribution is 0.0692. The van der Waals surface area contributed by atoms with E-state index >= 15 is 0 Å². The summed E-state index contributed by atoms with van der Waals surface area (Å²) in [4.78, 5) is 10.5. The molecule has 0 spiro atoms. The van der Waals surface area contributed by atoms with E-state index < -0.39 is 11.8 Å². The standard InChI is InChI=1S/C10H7FO2S/c11-9-7(4-2-6-14)3-1-5-8(9)10(12)13/h1,3,5,14H,6H2,(H,12,13). The number of carboxylic acid groups (broad SMARTS) is 1. The van der Waals surface area contributed by atoms with Crippen LogP contribution in [0.25, 0.3) is 0 Å². The van der Waals surface area contributed by atoms with Crippen LogP contribution in [0.2, 0.25) is 0 Å².